The van der Waals surface area contributed by atoms with Crippen LogP contribution in [0.1, 0.15) is 5.56 Å². The molecule has 0 heterocycles. The van der Waals surface area contributed by atoms with Crippen LogP contribution in [-0.4, -0.2) is 25.1 Å². The Morgan fingerprint density at radius 2 is 1.73 bits per heavy atom. The molecule has 0 radical (unpaired) electrons. The number of hydrogen-bond acceptors (Lipinski definition) is 5. The largest absolute Gasteiger partial charge is 0.485 e. The first-order valence-electron chi connectivity index (χ1n) is 6.94. The molecular weight excluding hydrogens is 284 g/mol. The number of nitro benzene ring substituents is 1. The smallest absolute Gasteiger partial charge is 0.352 e. The number of hydrogen-bond donors (Lipinski definition) is 1. The maximum absolute atomic E-state index is 11.3. The third kappa shape index (κ3) is 4.20. The molecule has 2 aromatic rings. The lowest BCUT2D eigenvalue weighted by Crippen LogP contribution is -2.16. The van der Waals surface area contributed by atoms with Crippen molar-refractivity contribution < 1.29 is 14.4 Å². The summed E-state index contributed by atoms with van der Waals surface area (Å²) in [5.41, 5.74) is 0.799. The SMILES string of the molecule is CNCCOc1cccc(OCc2ccccc2)c1[N+](=O)[O-]. The van der Waals surface area contributed by atoms with E-state index in [1.54, 1.807) is 25.2 Å². The fraction of sp³-hybridized carbons (Fsp3) is 0.250. The monoisotopic (exact) mass is 302 g/mol. The van der Waals surface area contributed by atoms with Crippen LogP contribution < -0.4 is 14.8 Å². The third-order valence-corrected chi connectivity index (χ3v) is 2.99. The molecule has 2 aromatic carbocycles. The van der Waals surface area contributed by atoms with Crippen LogP contribution in [0.15, 0.2) is 48.5 Å². The Morgan fingerprint density at radius 3 is 2.36 bits per heavy atom. The second kappa shape index (κ2) is 7.99. The zero-order valence-electron chi connectivity index (χ0n) is 12.3. The molecular formula is C16H18N2O4. The molecule has 116 valence electrons. The highest BCUT2D eigenvalue weighted by Crippen LogP contribution is 2.36. The third-order valence-electron chi connectivity index (χ3n) is 2.99. The molecule has 6 nitrogen and oxygen atoms in total. The molecule has 0 aromatic heterocycles. The van der Waals surface area contributed by atoms with Crippen molar-refractivity contribution in [2.45, 2.75) is 6.61 Å². The minimum atomic E-state index is -0.477. The van der Waals surface area contributed by atoms with Gasteiger partial charge in [-0.1, -0.05) is 36.4 Å². The molecule has 0 amide bonds. The lowest BCUT2D eigenvalue weighted by atomic mass is 10.2. The molecule has 0 aliphatic carbocycles. The summed E-state index contributed by atoms with van der Waals surface area (Å²) < 4.78 is 11.0. The Bertz CT molecular complexity index is 617. The van der Waals surface area contributed by atoms with Gasteiger partial charge < -0.3 is 14.8 Å². The van der Waals surface area contributed by atoms with Crippen molar-refractivity contribution in [1.82, 2.24) is 5.32 Å². The van der Waals surface area contributed by atoms with E-state index in [1.807, 2.05) is 30.3 Å². The molecule has 1 N–H and O–H groups in total. The Morgan fingerprint density at radius 1 is 1.05 bits per heavy atom. The summed E-state index contributed by atoms with van der Waals surface area (Å²) in [5.74, 6) is 0.418. The molecule has 0 aliphatic rings. The second-order valence-corrected chi connectivity index (χ2v) is 4.59. The average Bonchev–Trinajstić information content (AvgIpc) is 2.54. The van der Waals surface area contributed by atoms with Gasteiger partial charge in [0.1, 0.15) is 13.2 Å². The number of nitrogens with zero attached hydrogens (tertiary/aromatic N) is 1. The Labute approximate surface area is 128 Å². The van der Waals surface area contributed by atoms with Gasteiger partial charge in [-0.2, -0.15) is 0 Å². The van der Waals surface area contributed by atoms with Crippen molar-refractivity contribution in [3.63, 3.8) is 0 Å². The fourth-order valence-electron chi connectivity index (χ4n) is 1.91. The number of nitro groups is 1. The van der Waals surface area contributed by atoms with Crippen molar-refractivity contribution in [2.24, 2.45) is 0 Å². The highest BCUT2D eigenvalue weighted by atomic mass is 16.6. The summed E-state index contributed by atoms with van der Waals surface area (Å²) in [4.78, 5) is 10.8. The van der Waals surface area contributed by atoms with Crippen molar-refractivity contribution in [3.8, 4) is 11.5 Å². The van der Waals surface area contributed by atoms with E-state index < -0.39 is 4.92 Å². The summed E-state index contributed by atoms with van der Waals surface area (Å²) in [5, 5.41) is 14.2. The molecule has 22 heavy (non-hydrogen) atoms. The summed E-state index contributed by atoms with van der Waals surface area (Å²) in [6, 6.07) is 14.3. The van der Waals surface area contributed by atoms with Gasteiger partial charge in [-0.25, -0.2) is 0 Å². The Hall–Kier alpha value is -2.60. The van der Waals surface area contributed by atoms with Crippen LogP contribution in [0.3, 0.4) is 0 Å². The van der Waals surface area contributed by atoms with Crippen LogP contribution >= 0.6 is 0 Å². The summed E-state index contributed by atoms with van der Waals surface area (Å²) >= 11 is 0. The number of nitrogens with one attached hydrogen (secondary N) is 1. The van der Waals surface area contributed by atoms with Gasteiger partial charge in [-0.05, 0) is 24.7 Å². The van der Waals surface area contributed by atoms with E-state index in [1.165, 1.54) is 0 Å². The number of ether oxygens (including phenoxy) is 2. The van der Waals surface area contributed by atoms with Gasteiger partial charge in [0.25, 0.3) is 0 Å². The molecule has 0 aliphatic heterocycles. The van der Waals surface area contributed by atoms with Crippen LogP contribution in [0, 0.1) is 10.1 Å². The summed E-state index contributed by atoms with van der Waals surface area (Å²) in [6.45, 7) is 1.22. The van der Waals surface area contributed by atoms with Gasteiger partial charge in [0.15, 0.2) is 0 Å². The molecule has 2 rings (SSSR count). The van der Waals surface area contributed by atoms with Crippen molar-refractivity contribution in [1.29, 1.82) is 0 Å². The van der Waals surface area contributed by atoms with Gasteiger partial charge in [0.2, 0.25) is 11.5 Å². The zero-order valence-corrected chi connectivity index (χ0v) is 12.3. The standard InChI is InChI=1S/C16H18N2O4/c1-17-10-11-21-14-8-5-9-15(16(14)18(19)20)22-12-13-6-3-2-4-7-13/h2-9,17H,10-12H2,1H3. The lowest BCUT2D eigenvalue weighted by molar-refractivity contribution is -0.386. The summed E-state index contributed by atoms with van der Waals surface area (Å²) in [7, 11) is 1.79. The van der Waals surface area contributed by atoms with E-state index in [0.717, 1.165) is 5.56 Å². The van der Waals surface area contributed by atoms with E-state index in [9.17, 15) is 10.1 Å². The van der Waals surface area contributed by atoms with E-state index >= 15 is 0 Å². The fourth-order valence-corrected chi connectivity index (χ4v) is 1.91. The molecule has 0 bridgehead atoms. The average molecular weight is 302 g/mol. The molecule has 0 saturated heterocycles. The molecule has 0 atom stereocenters. The van der Waals surface area contributed by atoms with Gasteiger partial charge in [-0.15, -0.1) is 0 Å². The van der Waals surface area contributed by atoms with Crippen LogP contribution in [0.4, 0.5) is 5.69 Å². The number of rotatable bonds is 8. The topological polar surface area (TPSA) is 73.6 Å². The van der Waals surface area contributed by atoms with Crippen LogP contribution in [0.2, 0.25) is 0 Å². The van der Waals surface area contributed by atoms with Crippen LogP contribution in [-0.2, 0) is 6.61 Å². The van der Waals surface area contributed by atoms with E-state index in [-0.39, 0.29) is 23.8 Å². The number of para-hydroxylation sites is 1. The van der Waals surface area contributed by atoms with E-state index in [0.29, 0.717) is 13.2 Å². The quantitative estimate of drug-likeness (QED) is 0.461. The summed E-state index contributed by atoms with van der Waals surface area (Å²) in [6.07, 6.45) is 0. The predicted octanol–water partition coefficient (Wildman–Crippen LogP) is 2.77. The predicted molar refractivity (Wildman–Crippen MR) is 83.3 cm³/mol. The van der Waals surface area contributed by atoms with Crippen LogP contribution in [0.25, 0.3) is 0 Å². The normalized spacial score (nSPS) is 10.2. The lowest BCUT2D eigenvalue weighted by Gasteiger charge is -2.11. The minimum absolute atomic E-state index is 0.144. The molecule has 0 fully saturated rings. The van der Waals surface area contributed by atoms with Gasteiger partial charge in [0, 0.05) is 6.54 Å². The van der Waals surface area contributed by atoms with Gasteiger partial charge in [0.05, 0.1) is 4.92 Å². The Balaban J connectivity index is 2.15. The first kappa shape index (κ1) is 15.8. The van der Waals surface area contributed by atoms with Gasteiger partial charge >= 0.3 is 5.69 Å². The number of benzene rings is 2. The minimum Gasteiger partial charge on any atom is -0.485 e. The van der Waals surface area contributed by atoms with E-state index in [2.05, 4.69) is 5.32 Å². The van der Waals surface area contributed by atoms with Crippen LogP contribution in [0.5, 0.6) is 11.5 Å². The Kier molecular flexibility index (Phi) is 5.73. The number of likely N-dealkylation sites (N-methyl/N-ethyl adjacent to an activating group) is 1. The first-order valence-corrected chi connectivity index (χ1v) is 6.94. The van der Waals surface area contributed by atoms with E-state index in [4.69, 9.17) is 9.47 Å². The molecule has 6 heteroatoms. The second-order valence-electron chi connectivity index (χ2n) is 4.59. The highest BCUT2D eigenvalue weighted by molar-refractivity contribution is 5.57. The molecule has 0 saturated carbocycles. The highest BCUT2D eigenvalue weighted by Gasteiger charge is 2.22. The van der Waals surface area contributed by atoms with Crippen molar-refractivity contribution >= 4 is 5.69 Å². The van der Waals surface area contributed by atoms with Crippen molar-refractivity contribution in [2.75, 3.05) is 20.2 Å². The van der Waals surface area contributed by atoms with Crippen molar-refractivity contribution in [3.05, 3.63) is 64.2 Å². The van der Waals surface area contributed by atoms with Gasteiger partial charge in [-0.3, -0.25) is 10.1 Å². The molecule has 0 unspecified atom stereocenters. The maximum Gasteiger partial charge on any atom is 0.352 e. The maximum atomic E-state index is 11.3. The zero-order chi connectivity index (χ0) is 15.8. The molecule has 0 spiro atoms. The first-order chi connectivity index (χ1) is 10.7.